The second-order valence-corrected chi connectivity index (χ2v) is 5.34. The van der Waals surface area contributed by atoms with E-state index in [1.54, 1.807) is 6.20 Å². The summed E-state index contributed by atoms with van der Waals surface area (Å²) >= 11 is 0. The topological polar surface area (TPSA) is 47.0 Å². The molecule has 4 heteroatoms. The number of ether oxygens (including phenoxy) is 1. The molecule has 0 fully saturated rings. The highest BCUT2D eigenvalue weighted by Gasteiger charge is 2.04. The van der Waals surface area contributed by atoms with Crippen molar-refractivity contribution < 1.29 is 4.74 Å². The molecule has 0 aliphatic rings. The summed E-state index contributed by atoms with van der Waals surface area (Å²) in [6, 6.07) is 25.5. The molecular weight excluding hydrogens is 298 g/mol. The van der Waals surface area contributed by atoms with Crippen molar-refractivity contribution in [2.75, 3.05) is 5.32 Å². The highest BCUT2D eigenvalue weighted by atomic mass is 16.5. The summed E-state index contributed by atoms with van der Waals surface area (Å²) < 4.78 is 5.80. The highest BCUT2D eigenvalue weighted by molar-refractivity contribution is 5.92. The third-order valence-corrected chi connectivity index (χ3v) is 3.67. The van der Waals surface area contributed by atoms with Gasteiger partial charge in [0.05, 0.1) is 6.20 Å². The molecule has 0 amide bonds. The first-order valence-corrected chi connectivity index (χ1v) is 7.69. The van der Waals surface area contributed by atoms with Crippen molar-refractivity contribution in [3.63, 3.8) is 0 Å². The Bertz CT molecular complexity index is 948. The van der Waals surface area contributed by atoms with Crippen LogP contribution in [0.1, 0.15) is 0 Å². The molecule has 4 aromatic rings. The van der Waals surface area contributed by atoms with Gasteiger partial charge in [-0.3, -0.25) is 0 Å². The van der Waals surface area contributed by atoms with Gasteiger partial charge in [-0.2, -0.15) is 5.10 Å². The van der Waals surface area contributed by atoms with Crippen LogP contribution in [-0.4, -0.2) is 10.2 Å². The molecule has 0 aliphatic carbocycles. The SMILES string of the molecule is c1ccc(Oc2ccc(Nc3nncc4ccccc34)cc2)cc1. The molecule has 4 nitrogen and oxygen atoms in total. The molecule has 116 valence electrons. The zero-order chi connectivity index (χ0) is 16.2. The fourth-order valence-corrected chi connectivity index (χ4v) is 2.49. The van der Waals surface area contributed by atoms with Gasteiger partial charge in [-0.05, 0) is 36.4 Å². The monoisotopic (exact) mass is 313 g/mol. The molecule has 0 saturated carbocycles. The van der Waals surface area contributed by atoms with Gasteiger partial charge in [0.2, 0.25) is 0 Å². The second kappa shape index (κ2) is 6.38. The van der Waals surface area contributed by atoms with E-state index in [0.717, 1.165) is 33.8 Å². The average Bonchev–Trinajstić information content (AvgIpc) is 2.65. The number of nitrogens with one attached hydrogen (secondary N) is 1. The first-order valence-electron chi connectivity index (χ1n) is 7.69. The van der Waals surface area contributed by atoms with E-state index in [0.29, 0.717) is 0 Å². The Kier molecular flexibility index (Phi) is 3.78. The maximum atomic E-state index is 5.80. The van der Waals surface area contributed by atoms with E-state index in [9.17, 15) is 0 Å². The summed E-state index contributed by atoms with van der Waals surface area (Å²) in [5.74, 6) is 2.35. The van der Waals surface area contributed by atoms with E-state index in [1.807, 2.05) is 78.9 Å². The van der Waals surface area contributed by atoms with Crippen LogP contribution in [-0.2, 0) is 0 Å². The largest absolute Gasteiger partial charge is 0.457 e. The standard InChI is InChI=1S/C20H15N3O/c1-2-7-17(8-3-1)24-18-12-10-16(11-13-18)22-20-19-9-5-4-6-15(19)14-21-23-20/h1-14H,(H,22,23). The number of fused-ring (bicyclic) bond motifs is 1. The molecule has 4 rings (SSSR count). The van der Waals surface area contributed by atoms with Crippen molar-refractivity contribution in [1.29, 1.82) is 0 Å². The van der Waals surface area contributed by atoms with Gasteiger partial charge < -0.3 is 10.1 Å². The molecule has 3 aromatic carbocycles. The Hall–Kier alpha value is -3.40. The van der Waals surface area contributed by atoms with Gasteiger partial charge in [0, 0.05) is 16.5 Å². The lowest BCUT2D eigenvalue weighted by molar-refractivity contribution is 0.483. The van der Waals surface area contributed by atoms with E-state index in [1.165, 1.54) is 0 Å². The minimum atomic E-state index is 0.741. The second-order valence-electron chi connectivity index (χ2n) is 5.34. The number of benzene rings is 3. The van der Waals surface area contributed by atoms with Crippen molar-refractivity contribution in [3.8, 4) is 11.5 Å². The summed E-state index contributed by atoms with van der Waals surface area (Å²) in [6.45, 7) is 0. The van der Waals surface area contributed by atoms with Crippen LogP contribution < -0.4 is 10.1 Å². The first kappa shape index (κ1) is 14.2. The predicted molar refractivity (Wildman–Crippen MR) is 95.8 cm³/mol. The maximum absolute atomic E-state index is 5.80. The van der Waals surface area contributed by atoms with Gasteiger partial charge in [-0.25, -0.2) is 0 Å². The Labute approximate surface area is 139 Å². The van der Waals surface area contributed by atoms with E-state index >= 15 is 0 Å². The van der Waals surface area contributed by atoms with Crippen LogP contribution >= 0.6 is 0 Å². The van der Waals surface area contributed by atoms with Gasteiger partial charge in [0.1, 0.15) is 11.5 Å². The summed E-state index contributed by atoms with van der Waals surface area (Å²) in [4.78, 5) is 0. The molecule has 0 bridgehead atoms. The molecular formula is C20H15N3O. The number of nitrogens with zero attached hydrogens (tertiary/aromatic N) is 2. The lowest BCUT2D eigenvalue weighted by Gasteiger charge is -2.09. The highest BCUT2D eigenvalue weighted by Crippen LogP contribution is 2.26. The van der Waals surface area contributed by atoms with Gasteiger partial charge >= 0.3 is 0 Å². The molecule has 0 spiro atoms. The van der Waals surface area contributed by atoms with Gasteiger partial charge in [0.15, 0.2) is 5.82 Å². The van der Waals surface area contributed by atoms with Crippen molar-refractivity contribution in [2.24, 2.45) is 0 Å². The summed E-state index contributed by atoms with van der Waals surface area (Å²) in [5.41, 5.74) is 0.932. The summed E-state index contributed by atoms with van der Waals surface area (Å²) in [6.07, 6.45) is 1.76. The number of anilines is 2. The molecule has 0 aliphatic heterocycles. The smallest absolute Gasteiger partial charge is 0.160 e. The number of hydrogen-bond acceptors (Lipinski definition) is 4. The molecule has 0 saturated heterocycles. The van der Waals surface area contributed by atoms with Crippen LogP contribution in [0, 0.1) is 0 Å². The number of para-hydroxylation sites is 1. The van der Waals surface area contributed by atoms with Crippen LogP contribution in [0.3, 0.4) is 0 Å². The van der Waals surface area contributed by atoms with E-state index < -0.39 is 0 Å². The Morgan fingerprint density at radius 1 is 0.708 bits per heavy atom. The number of aromatic nitrogens is 2. The average molecular weight is 313 g/mol. The van der Waals surface area contributed by atoms with Crippen LogP contribution in [0.5, 0.6) is 11.5 Å². The third kappa shape index (κ3) is 3.03. The summed E-state index contributed by atoms with van der Waals surface area (Å²) in [7, 11) is 0. The normalized spacial score (nSPS) is 10.5. The van der Waals surface area contributed by atoms with Crippen molar-refractivity contribution in [3.05, 3.63) is 85.1 Å². The molecule has 1 heterocycles. The maximum Gasteiger partial charge on any atom is 0.160 e. The molecule has 0 unspecified atom stereocenters. The fraction of sp³-hybridized carbons (Fsp3) is 0. The van der Waals surface area contributed by atoms with Crippen LogP contribution in [0.2, 0.25) is 0 Å². The lowest BCUT2D eigenvalue weighted by atomic mass is 10.2. The van der Waals surface area contributed by atoms with Crippen LogP contribution in [0.4, 0.5) is 11.5 Å². The Morgan fingerprint density at radius 2 is 1.42 bits per heavy atom. The minimum absolute atomic E-state index is 0.741. The van der Waals surface area contributed by atoms with Crippen LogP contribution in [0.25, 0.3) is 10.8 Å². The number of hydrogen-bond donors (Lipinski definition) is 1. The summed E-state index contributed by atoms with van der Waals surface area (Å²) in [5, 5.41) is 13.6. The third-order valence-electron chi connectivity index (χ3n) is 3.67. The molecule has 0 atom stereocenters. The fourth-order valence-electron chi connectivity index (χ4n) is 2.49. The predicted octanol–water partition coefficient (Wildman–Crippen LogP) is 5.17. The zero-order valence-corrected chi connectivity index (χ0v) is 12.9. The van der Waals surface area contributed by atoms with E-state index in [-0.39, 0.29) is 0 Å². The van der Waals surface area contributed by atoms with Crippen molar-refractivity contribution >= 4 is 22.3 Å². The quantitative estimate of drug-likeness (QED) is 0.565. The van der Waals surface area contributed by atoms with Crippen molar-refractivity contribution in [1.82, 2.24) is 10.2 Å². The first-order chi connectivity index (χ1) is 11.9. The van der Waals surface area contributed by atoms with Crippen molar-refractivity contribution in [2.45, 2.75) is 0 Å². The molecule has 24 heavy (non-hydrogen) atoms. The molecule has 1 aromatic heterocycles. The molecule has 1 N–H and O–H groups in total. The number of rotatable bonds is 4. The van der Waals surface area contributed by atoms with Gasteiger partial charge in [-0.1, -0.05) is 42.5 Å². The van der Waals surface area contributed by atoms with Gasteiger partial charge in [0.25, 0.3) is 0 Å². The Morgan fingerprint density at radius 3 is 2.25 bits per heavy atom. The lowest BCUT2D eigenvalue weighted by Crippen LogP contribution is -1.96. The Balaban J connectivity index is 1.55. The minimum Gasteiger partial charge on any atom is -0.457 e. The van der Waals surface area contributed by atoms with E-state index in [2.05, 4.69) is 15.5 Å². The van der Waals surface area contributed by atoms with Gasteiger partial charge in [-0.15, -0.1) is 5.10 Å². The zero-order valence-electron chi connectivity index (χ0n) is 12.9. The van der Waals surface area contributed by atoms with E-state index in [4.69, 9.17) is 4.74 Å². The van der Waals surface area contributed by atoms with Crippen LogP contribution in [0.15, 0.2) is 85.1 Å². The molecule has 0 radical (unpaired) electrons.